The molecule has 2 rings (SSSR count). The Kier molecular flexibility index (Phi) is 2.51. The number of nitro groups is 1. The van der Waals surface area contributed by atoms with Crippen molar-refractivity contribution in [1.82, 2.24) is 4.98 Å². The topological polar surface area (TPSA) is 77.8 Å². The van der Waals surface area contributed by atoms with Crippen LogP contribution < -0.4 is 4.74 Å². The van der Waals surface area contributed by atoms with E-state index in [1.54, 1.807) is 19.1 Å². The van der Waals surface area contributed by atoms with Crippen molar-refractivity contribution in [2.75, 3.05) is 13.2 Å². The first-order valence-corrected chi connectivity index (χ1v) is 4.53. The van der Waals surface area contributed by atoms with Gasteiger partial charge in [-0.3, -0.25) is 0 Å². The van der Waals surface area contributed by atoms with Crippen LogP contribution in [0.5, 0.6) is 5.75 Å². The quantitative estimate of drug-likeness (QED) is 0.422. The molecule has 15 heavy (non-hydrogen) atoms. The lowest BCUT2D eigenvalue weighted by atomic mass is 10.3. The van der Waals surface area contributed by atoms with Crippen LogP contribution in [0.25, 0.3) is 0 Å². The molecule has 6 heteroatoms. The maximum Gasteiger partial charge on any atom is 0.406 e. The average Bonchev–Trinajstić information content (AvgIpc) is 2.99. The van der Waals surface area contributed by atoms with Crippen molar-refractivity contribution in [2.24, 2.45) is 0 Å². The highest BCUT2D eigenvalue weighted by Crippen LogP contribution is 2.25. The largest absolute Gasteiger partial charge is 0.483 e. The summed E-state index contributed by atoms with van der Waals surface area (Å²) in [5.41, 5.74) is 0.594. The summed E-state index contributed by atoms with van der Waals surface area (Å²) < 4.78 is 10.2. The molecule has 0 aromatic carbocycles. The van der Waals surface area contributed by atoms with Gasteiger partial charge in [0.05, 0.1) is 6.61 Å². The van der Waals surface area contributed by atoms with E-state index >= 15 is 0 Å². The molecule has 80 valence electrons. The van der Waals surface area contributed by atoms with Gasteiger partial charge in [0.2, 0.25) is 5.75 Å². The minimum Gasteiger partial charge on any atom is -0.483 e. The second kappa shape index (κ2) is 3.82. The van der Waals surface area contributed by atoms with Gasteiger partial charge < -0.3 is 19.6 Å². The van der Waals surface area contributed by atoms with Crippen molar-refractivity contribution in [3.63, 3.8) is 0 Å². The molecule has 1 unspecified atom stereocenters. The van der Waals surface area contributed by atoms with E-state index in [0.29, 0.717) is 18.9 Å². The maximum absolute atomic E-state index is 10.7. The molecule has 1 saturated heterocycles. The van der Waals surface area contributed by atoms with E-state index in [1.807, 2.05) is 0 Å². The van der Waals surface area contributed by atoms with Gasteiger partial charge in [0.25, 0.3) is 0 Å². The molecule has 1 aliphatic rings. The Morgan fingerprint density at radius 2 is 2.47 bits per heavy atom. The van der Waals surface area contributed by atoms with Crippen molar-refractivity contribution >= 4 is 5.82 Å². The highest BCUT2D eigenvalue weighted by atomic mass is 16.6. The monoisotopic (exact) mass is 210 g/mol. The molecule has 6 nitrogen and oxygen atoms in total. The van der Waals surface area contributed by atoms with Gasteiger partial charge in [-0.05, 0) is 22.0 Å². The summed E-state index contributed by atoms with van der Waals surface area (Å²) in [5.74, 6) is -0.0447. The highest BCUT2D eigenvalue weighted by molar-refractivity contribution is 5.40. The predicted molar refractivity (Wildman–Crippen MR) is 50.9 cm³/mol. The van der Waals surface area contributed by atoms with Crippen molar-refractivity contribution in [1.29, 1.82) is 0 Å². The molecular formula is C9H10N2O4. The third kappa shape index (κ3) is 2.41. The predicted octanol–water partition coefficient (Wildman–Crippen LogP) is 1.08. The molecule has 0 saturated carbocycles. The number of epoxide rings is 1. The Labute approximate surface area is 86.0 Å². The second-order valence-corrected chi connectivity index (χ2v) is 3.30. The van der Waals surface area contributed by atoms with Crippen LogP contribution in [0.15, 0.2) is 12.1 Å². The Balaban J connectivity index is 2.15. The summed E-state index contributed by atoms with van der Waals surface area (Å²) in [5, 5.41) is 10.7. The van der Waals surface area contributed by atoms with Crippen LogP contribution in [-0.4, -0.2) is 29.2 Å². The van der Waals surface area contributed by atoms with Crippen LogP contribution in [0.2, 0.25) is 0 Å². The fourth-order valence-corrected chi connectivity index (χ4v) is 1.12. The molecule has 2 heterocycles. The number of aromatic nitrogens is 1. The minimum absolute atomic E-state index is 0.0749. The van der Waals surface area contributed by atoms with Crippen LogP contribution in [0.4, 0.5) is 5.82 Å². The van der Waals surface area contributed by atoms with E-state index < -0.39 is 4.92 Å². The van der Waals surface area contributed by atoms with Gasteiger partial charge in [-0.1, -0.05) is 0 Å². The number of hydrogen-bond donors (Lipinski definition) is 0. The van der Waals surface area contributed by atoms with Crippen molar-refractivity contribution < 1.29 is 14.4 Å². The third-order valence-electron chi connectivity index (χ3n) is 1.98. The molecular weight excluding hydrogens is 200 g/mol. The second-order valence-electron chi connectivity index (χ2n) is 3.30. The number of hydrogen-bond acceptors (Lipinski definition) is 5. The molecule has 1 aromatic heterocycles. The lowest BCUT2D eigenvalue weighted by Crippen LogP contribution is -2.07. The molecule has 0 bridgehead atoms. The number of nitrogens with zero attached hydrogens (tertiary/aromatic N) is 2. The van der Waals surface area contributed by atoms with E-state index in [4.69, 9.17) is 9.47 Å². The van der Waals surface area contributed by atoms with Crippen LogP contribution in [0, 0.1) is 17.0 Å². The molecule has 0 radical (unpaired) electrons. The summed E-state index contributed by atoms with van der Waals surface area (Å²) in [6, 6.07) is 3.24. The maximum atomic E-state index is 10.7. The van der Waals surface area contributed by atoms with Gasteiger partial charge in [0, 0.05) is 6.92 Å². The van der Waals surface area contributed by atoms with Crippen LogP contribution in [0.3, 0.4) is 0 Å². The van der Waals surface area contributed by atoms with Crippen LogP contribution in [0.1, 0.15) is 5.69 Å². The molecule has 0 amide bonds. The molecule has 1 aromatic rings. The molecule has 0 aliphatic carbocycles. The zero-order valence-corrected chi connectivity index (χ0v) is 8.17. The van der Waals surface area contributed by atoms with Crippen molar-refractivity contribution in [2.45, 2.75) is 13.0 Å². The Morgan fingerprint density at radius 3 is 3.07 bits per heavy atom. The Bertz CT molecular complexity index is 390. The lowest BCUT2D eigenvalue weighted by Gasteiger charge is -2.04. The minimum atomic E-state index is -0.546. The lowest BCUT2D eigenvalue weighted by molar-refractivity contribution is -0.390. The summed E-state index contributed by atoms with van der Waals surface area (Å²) in [6.07, 6.45) is 0.0749. The molecule has 1 fully saturated rings. The van der Waals surface area contributed by atoms with Gasteiger partial charge in [0.15, 0.2) is 0 Å². The summed E-state index contributed by atoms with van der Waals surface area (Å²) in [6.45, 7) is 2.69. The fourth-order valence-electron chi connectivity index (χ4n) is 1.12. The Morgan fingerprint density at radius 1 is 1.73 bits per heavy atom. The first-order chi connectivity index (χ1) is 7.16. The van der Waals surface area contributed by atoms with E-state index in [2.05, 4.69) is 4.98 Å². The van der Waals surface area contributed by atoms with Crippen LogP contribution in [-0.2, 0) is 4.74 Å². The smallest absolute Gasteiger partial charge is 0.406 e. The third-order valence-corrected chi connectivity index (χ3v) is 1.98. The first kappa shape index (κ1) is 9.85. The van der Waals surface area contributed by atoms with Gasteiger partial charge in [-0.2, -0.15) is 0 Å². The van der Waals surface area contributed by atoms with Gasteiger partial charge in [-0.15, -0.1) is 0 Å². The van der Waals surface area contributed by atoms with Crippen molar-refractivity contribution in [3.05, 3.63) is 27.9 Å². The van der Waals surface area contributed by atoms with Crippen LogP contribution >= 0.6 is 0 Å². The number of ether oxygens (including phenoxy) is 2. The van der Waals surface area contributed by atoms with Crippen molar-refractivity contribution in [3.8, 4) is 5.75 Å². The van der Waals surface area contributed by atoms with Gasteiger partial charge >= 0.3 is 5.82 Å². The van der Waals surface area contributed by atoms with E-state index in [9.17, 15) is 10.1 Å². The zero-order chi connectivity index (χ0) is 10.8. The Hall–Kier alpha value is -1.69. The normalized spacial score (nSPS) is 18.6. The molecule has 0 spiro atoms. The van der Waals surface area contributed by atoms with Gasteiger partial charge in [-0.25, -0.2) is 0 Å². The van der Waals surface area contributed by atoms with E-state index in [-0.39, 0.29) is 17.7 Å². The number of aryl methyl sites for hydroxylation is 1. The van der Waals surface area contributed by atoms with Gasteiger partial charge in [0.1, 0.15) is 18.4 Å². The summed E-state index contributed by atoms with van der Waals surface area (Å²) in [4.78, 5) is 13.9. The standard InChI is InChI=1S/C9H10N2O4/c1-6-2-3-8(9(10-6)11(12)13)15-5-7-4-14-7/h2-3,7H,4-5H2,1H3. The molecule has 0 N–H and O–H groups in total. The average molecular weight is 210 g/mol. The number of rotatable bonds is 4. The highest BCUT2D eigenvalue weighted by Gasteiger charge is 2.25. The first-order valence-electron chi connectivity index (χ1n) is 4.53. The fraction of sp³-hybridized carbons (Fsp3) is 0.444. The molecule has 1 atom stereocenters. The van der Waals surface area contributed by atoms with E-state index in [0.717, 1.165) is 0 Å². The SMILES string of the molecule is Cc1ccc(OCC2CO2)c([N+](=O)[O-])n1. The van der Waals surface area contributed by atoms with E-state index in [1.165, 1.54) is 0 Å². The summed E-state index contributed by atoms with van der Waals surface area (Å²) >= 11 is 0. The summed E-state index contributed by atoms with van der Waals surface area (Å²) in [7, 11) is 0. The molecule has 1 aliphatic heterocycles. The zero-order valence-electron chi connectivity index (χ0n) is 8.17. The number of pyridine rings is 1.